The highest BCUT2D eigenvalue weighted by atomic mass is 16.6. The minimum absolute atomic E-state index is 0.0471. The number of nitrogens with one attached hydrogen (secondary N) is 1. The van der Waals surface area contributed by atoms with Crippen molar-refractivity contribution in [1.29, 1.82) is 0 Å². The lowest BCUT2D eigenvalue weighted by atomic mass is 10.2. The fourth-order valence-corrected chi connectivity index (χ4v) is 2.45. The van der Waals surface area contributed by atoms with Crippen LogP contribution >= 0.6 is 0 Å². The summed E-state index contributed by atoms with van der Waals surface area (Å²) in [5.74, 6) is -0.299. The molecule has 0 aromatic carbocycles. The normalized spacial score (nSPS) is 11.4. The standard InChI is InChI=1S/C16H20N10O2/c1-3-25(4-2)10-12-13(20-24-26(12)15-14(17)22-28-23-15)16(27)21-19-9-11-7-5-6-8-18-11/h5-9H,3-4,10H2,1-2H3,(H2,17,22)(H,21,27)/b19-9-. The summed E-state index contributed by atoms with van der Waals surface area (Å²) in [5, 5.41) is 19.2. The Morgan fingerprint density at radius 3 is 2.82 bits per heavy atom. The second-order valence-electron chi connectivity index (χ2n) is 5.68. The van der Waals surface area contributed by atoms with Crippen LogP contribution in [0.25, 0.3) is 5.82 Å². The molecule has 0 aliphatic heterocycles. The van der Waals surface area contributed by atoms with Crippen molar-refractivity contribution in [2.75, 3.05) is 18.8 Å². The maximum atomic E-state index is 12.6. The number of aromatic nitrogens is 6. The van der Waals surface area contributed by atoms with Crippen LogP contribution in [0.4, 0.5) is 5.82 Å². The van der Waals surface area contributed by atoms with Gasteiger partial charge in [-0.3, -0.25) is 14.7 Å². The number of nitrogens with two attached hydrogens (primary N) is 1. The Morgan fingerprint density at radius 1 is 1.36 bits per heavy atom. The van der Waals surface area contributed by atoms with E-state index in [0.717, 1.165) is 13.1 Å². The molecule has 0 radical (unpaired) electrons. The van der Waals surface area contributed by atoms with Crippen molar-refractivity contribution < 1.29 is 9.42 Å². The lowest BCUT2D eigenvalue weighted by Crippen LogP contribution is -2.27. The third-order valence-corrected chi connectivity index (χ3v) is 3.99. The molecule has 12 heteroatoms. The first kappa shape index (κ1) is 19.1. The number of nitrogen functional groups attached to an aromatic ring is 1. The molecule has 0 aliphatic carbocycles. The number of amides is 1. The molecule has 3 heterocycles. The summed E-state index contributed by atoms with van der Waals surface area (Å²) in [6, 6.07) is 5.37. The molecule has 1 amide bonds. The van der Waals surface area contributed by atoms with E-state index in [1.807, 2.05) is 19.9 Å². The smallest absolute Gasteiger partial charge is 0.293 e. The Balaban J connectivity index is 1.87. The van der Waals surface area contributed by atoms with Gasteiger partial charge >= 0.3 is 0 Å². The van der Waals surface area contributed by atoms with Gasteiger partial charge in [-0.1, -0.05) is 25.1 Å². The largest absolute Gasteiger partial charge is 0.378 e. The van der Waals surface area contributed by atoms with Gasteiger partial charge in [-0.2, -0.15) is 9.78 Å². The van der Waals surface area contributed by atoms with Crippen molar-refractivity contribution in [2.45, 2.75) is 20.4 Å². The summed E-state index contributed by atoms with van der Waals surface area (Å²) in [7, 11) is 0. The maximum absolute atomic E-state index is 12.6. The van der Waals surface area contributed by atoms with Crippen molar-refractivity contribution in [1.82, 2.24) is 40.6 Å². The minimum Gasteiger partial charge on any atom is -0.378 e. The molecule has 12 nitrogen and oxygen atoms in total. The first-order chi connectivity index (χ1) is 13.6. The van der Waals surface area contributed by atoms with E-state index in [2.05, 4.69) is 45.7 Å². The summed E-state index contributed by atoms with van der Waals surface area (Å²) < 4.78 is 5.99. The number of carbonyl (C=O) groups excluding carboxylic acids is 1. The summed E-state index contributed by atoms with van der Waals surface area (Å²) in [4.78, 5) is 18.8. The number of carbonyl (C=O) groups is 1. The number of rotatable bonds is 8. The zero-order valence-corrected chi connectivity index (χ0v) is 15.5. The van der Waals surface area contributed by atoms with Crippen LogP contribution in [0.1, 0.15) is 35.7 Å². The summed E-state index contributed by atoms with van der Waals surface area (Å²) in [6.45, 7) is 5.97. The van der Waals surface area contributed by atoms with Crippen molar-refractivity contribution in [2.24, 2.45) is 5.10 Å². The van der Waals surface area contributed by atoms with E-state index < -0.39 is 5.91 Å². The number of hydrogen-bond acceptors (Lipinski definition) is 10. The van der Waals surface area contributed by atoms with Gasteiger partial charge in [0.2, 0.25) is 11.6 Å². The van der Waals surface area contributed by atoms with E-state index in [-0.39, 0.29) is 17.3 Å². The molecule has 0 spiro atoms. The fourth-order valence-electron chi connectivity index (χ4n) is 2.45. The third-order valence-electron chi connectivity index (χ3n) is 3.99. The van der Waals surface area contributed by atoms with E-state index in [1.165, 1.54) is 10.9 Å². The molecular formula is C16H20N10O2. The highest BCUT2D eigenvalue weighted by molar-refractivity contribution is 5.94. The second kappa shape index (κ2) is 8.81. The van der Waals surface area contributed by atoms with Crippen LogP contribution in [0.5, 0.6) is 0 Å². The van der Waals surface area contributed by atoms with Gasteiger partial charge < -0.3 is 5.73 Å². The SMILES string of the molecule is CCN(CC)Cc1c(C(=O)N/N=C\c2ccccn2)nnn1-c1nonc1N. The van der Waals surface area contributed by atoms with E-state index in [9.17, 15) is 4.79 Å². The molecule has 3 aromatic heterocycles. The van der Waals surface area contributed by atoms with Crippen LogP contribution in [0.3, 0.4) is 0 Å². The van der Waals surface area contributed by atoms with Gasteiger partial charge in [0.25, 0.3) is 5.91 Å². The number of pyridine rings is 1. The molecule has 0 bridgehead atoms. The number of nitrogens with zero attached hydrogens (tertiary/aromatic N) is 8. The summed E-state index contributed by atoms with van der Waals surface area (Å²) >= 11 is 0. The first-order valence-corrected chi connectivity index (χ1v) is 8.63. The molecule has 28 heavy (non-hydrogen) atoms. The first-order valence-electron chi connectivity index (χ1n) is 8.63. The zero-order chi connectivity index (χ0) is 19.9. The molecule has 0 fully saturated rings. The molecule has 0 atom stereocenters. The van der Waals surface area contributed by atoms with Crippen LogP contribution in [-0.4, -0.2) is 60.4 Å². The Morgan fingerprint density at radius 2 is 2.18 bits per heavy atom. The van der Waals surface area contributed by atoms with Crippen LogP contribution in [0, 0.1) is 0 Å². The average molecular weight is 384 g/mol. The molecular weight excluding hydrogens is 364 g/mol. The molecule has 3 N–H and O–H groups in total. The second-order valence-corrected chi connectivity index (χ2v) is 5.68. The van der Waals surface area contributed by atoms with Crippen molar-refractivity contribution in [3.63, 3.8) is 0 Å². The highest BCUT2D eigenvalue weighted by Crippen LogP contribution is 2.17. The molecule has 3 rings (SSSR count). The van der Waals surface area contributed by atoms with E-state index in [1.54, 1.807) is 18.3 Å². The lowest BCUT2D eigenvalue weighted by Gasteiger charge is -2.18. The predicted molar refractivity (Wildman–Crippen MR) is 99.5 cm³/mol. The van der Waals surface area contributed by atoms with Crippen LogP contribution in [-0.2, 0) is 6.54 Å². The Kier molecular flexibility index (Phi) is 6.01. The minimum atomic E-state index is -0.518. The molecule has 146 valence electrons. The average Bonchev–Trinajstić information content (AvgIpc) is 3.32. The van der Waals surface area contributed by atoms with Gasteiger partial charge in [0.1, 0.15) is 0 Å². The zero-order valence-electron chi connectivity index (χ0n) is 15.5. The van der Waals surface area contributed by atoms with Crippen molar-refractivity contribution in [3.05, 3.63) is 41.5 Å². The summed E-state index contributed by atoms with van der Waals surface area (Å²) in [5.41, 5.74) is 9.41. The molecule has 0 aliphatic rings. The molecule has 0 saturated carbocycles. The monoisotopic (exact) mass is 384 g/mol. The van der Waals surface area contributed by atoms with Crippen LogP contribution < -0.4 is 11.2 Å². The van der Waals surface area contributed by atoms with Crippen molar-refractivity contribution in [3.8, 4) is 5.82 Å². The number of anilines is 1. The third kappa shape index (κ3) is 4.17. The van der Waals surface area contributed by atoms with E-state index in [0.29, 0.717) is 17.9 Å². The topological polar surface area (TPSA) is 153 Å². The Hall–Kier alpha value is -3.67. The van der Waals surface area contributed by atoms with E-state index >= 15 is 0 Å². The predicted octanol–water partition coefficient (Wildman–Crippen LogP) is 0.233. The van der Waals surface area contributed by atoms with Gasteiger partial charge in [-0.25, -0.2) is 10.1 Å². The Bertz CT molecular complexity index is 946. The van der Waals surface area contributed by atoms with Crippen LogP contribution in [0.2, 0.25) is 0 Å². The van der Waals surface area contributed by atoms with Gasteiger partial charge in [-0.15, -0.1) is 5.10 Å². The fraction of sp³-hybridized carbons (Fsp3) is 0.312. The van der Waals surface area contributed by atoms with Crippen molar-refractivity contribution >= 4 is 17.9 Å². The van der Waals surface area contributed by atoms with Gasteiger partial charge in [0, 0.05) is 12.7 Å². The van der Waals surface area contributed by atoms with Gasteiger partial charge in [0.15, 0.2) is 5.69 Å². The Labute approximate surface area is 160 Å². The van der Waals surface area contributed by atoms with Crippen LogP contribution in [0.15, 0.2) is 34.1 Å². The molecule has 0 unspecified atom stereocenters. The highest BCUT2D eigenvalue weighted by Gasteiger charge is 2.24. The van der Waals surface area contributed by atoms with Gasteiger partial charge in [0.05, 0.1) is 17.6 Å². The molecule has 0 saturated heterocycles. The van der Waals surface area contributed by atoms with E-state index in [4.69, 9.17) is 5.73 Å². The maximum Gasteiger partial charge on any atom is 0.293 e. The quantitative estimate of drug-likeness (QED) is 0.410. The van der Waals surface area contributed by atoms with Gasteiger partial charge in [-0.05, 0) is 35.5 Å². The summed E-state index contributed by atoms with van der Waals surface area (Å²) in [6.07, 6.45) is 3.07. The lowest BCUT2D eigenvalue weighted by molar-refractivity contribution is 0.0948. The number of hydrazone groups is 1. The molecule has 3 aromatic rings. The number of hydrogen-bond donors (Lipinski definition) is 2.